The Morgan fingerprint density at radius 2 is 2.06 bits per heavy atom. The number of para-hydroxylation sites is 1. The van der Waals surface area contributed by atoms with Gasteiger partial charge in [0.25, 0.3) is 5.56 Å². The van der Waals surface area contributed by atoms with E-state index in [-0.39, 0.29) is 23.0 Å². The largest absolute Gasteiger partial charge is 0.467 e. The van der Waals surface area contributed by atoms with Crippen molar-refractivity contribution in [2.24, 2.45) is 0 Å². The second-order valence-electron chi connectivity index (χ2n) is 6.76. The van der Waals surface area contributed by atoms with Crippen molar-refractivity contribution in [3.63, 3.8) is 0 Å². The summed E-state index contributed by atoms with van der Waals surface area (Å²) >= 11 is 7.14. The van der Waals surface area contributed by atoms with E-state index in [1.54, 1.807) is 43.3 Å². The number of amides is 1. The van der Waals surface area contributed by atoms with E-state index in [1.165, 1.54) is 23.0 Å². The van der Waals surface area contributed by atoms with Crippen molar-refractivity contribution in [3.05, 3.63) is 87.8 Å². The van der Waals surface area contributed by atoms with Crippen molar-refractivity contribution in [3.8, 4) is 0 Å². The molecule has 0 spiro atoms. The zero-order chi connectivity index (χ0) is 22.0. The lowest BCUT2D eigenvalue weighted by atomic mass is 10.2. The Morgan fingerprint density at radius 3 is 2.81 bits per heavy atom. The molecular formula is C22H17ClFN3O3S. The molecule has 1 N–H and O–H groups in total. The van der Waals surface area contributed by atoms with Crippen LogP contribution in [0.2, 0.25) is 5.02 Å². The maximum absolute atomic E-state index is 13.2. The zero-order valence-electron chi connectivity index (χ0n) is 16.3. The van der Waals surface area contributed by atoms with Crippen LogP contribution < -0.4 is 10.9 Å². The fraction of sp³-hybridized carbons (Fsp3) is 0.136. The third-order valence-corrected chi connectivity index (χ3v) is 5.96. The maximum Gasteiger partial charge on any atom is 0.262 e. The highest BCUT2D eigenvalue weighted by Gasteiger charge is 2.21. The summed E-state index contributed by atoms with van der Waals surface area (Å²) in [6, 6.07) is 14.3. The average molecular weight is 458 g/mol. The fourth-order valence-corrected chi connectivity index (χ4v) is 4.09. The Bertz CT molecular complexity index is 1310. The lowest BCUT2D eigenvalue weighted by Crippen LogP contribution is -2.27. The Kier molecular flexibility index (Phi) is 6.11. The molecule has 31 heavy (non-hydrogen) atoms. The number of anilines is 1. The number of hydrogen-bond donors (Lipinski definition) is 1. The van der Waals surface area contributed by atoms with Gasteiger partial charge in [0.1, 0.15) is 11.6 Å². The van der Waals surface area contributed by atoms with Gasteiger partial charge in [0.2, 0.25) is 5.91 Å². The van der Waals surface area contributed by atoms with E-state index in [1.807, 2.05) is 0 Å². The van der Waals surface area contributed by atoms with Gasteiger partial charge in [-0.2, -0.15) is 0 Å². The Morgan fingerprint density at radius 1 is 1.26 bits per heavy atom. The highest BCUT2D eigenvalue weighted by atomic mass is 35.5. The van der Waals surface area contributed by atoms with Crippen LogP contribution in [0, 0.1) is 5.82 Å². The van der Waals surface area contributed by atoms with Crippen molar-refractivity contribution in [1.29, 1.82) is 0 Å². The van der Waals surface area contributed by atoms with Crippen LogP contribution in [0.5, 0.6) is 0 Å². The molecule has 0 aliphatic heterocycles. The molecule has 9 heteroatoms. The van der Waals surface area contributed by atoms with Gasteiger partial charge in [-0.15, -0.1) is 0 Å². The molecule has 0 unspecified atom stereocenters. The molecule has 158 valence electrons. The topological polar surface area (TPSA) is 77.1 Å². The van der Waals surface area contributed by atoms with Gasteiger partial charge in [0.05, 0.1) is 39.7 Å². The van der Waals surface area contributed by atoms with E-state index in [0.717, 1.165) is 17.8 Å². The van der Waals surface area contributed by atoms with Gasteiger partial charge >= 0.3 is 0 Å². The first-order valence-corrected chi connectivity index (χ1v) is 10.6. The van der Waals surface area contributed by atoms with Gasteiger partial charge in [0.15, 0.2) is 5.16 Å². The fourth-order valence-electron chi connectivity index (χ4n) is 2.97. The summed E-state index contributed by atoms with van der Waals surface area (Å²) in [6.07, 6.45) is 1.53. The summed E-state index contributed by atoms with van der Waals surface area (Å²) in [5, 5.41) is 3.03. The molecule has 0 aliphatic carbocycles. The molecule has 4 rings (SSSR count). The number of benzene rings is 2. The number of hydrogen-bond acceptors (Lipinski definition) is 5. The van der Waals surface area contributed by atoms with Crippen LogP contribution in [0.4, 0.5) is 10.1 Å². The van der Waals surface area contributed by atoms with Crippen LogP contribution in [0.15, 0.2) is 75.2 Å². The normalized spacial score (nSPS) is 12.1. The monoisotopic (exact) mass is 457 g/mol. The predicted octanol–water partition coefficient (Wildman–Crippen LogP) is 4.95. The molecule has 0 saturated carbocycles. The summed E-state index contributed by atoms with van der Waals surface area (Å²) in [4.78, 5) is 30.4. The van der Waals surface area contributed by atoms with Crippen LogP contribution in [0.25, 0.3) is 10.9 Å². The first-order chi connectivity index (χ1) is 14.9. The van der Waals surface area contributed by atoms with Crippen molar-refractivity contribution in [2.45, 2.75) is 23.9 Å². The van der Waals surface area contributed by atoms with E-state index in [2.05, 4.69) is 10.3 Å². The van der Waals surface area contributed by atoms with Crippen LogP contribution in [-0.2, 0) is 11.3 Å². The second-order valence-corrected chi connectivity index (χ2v) is 8.47. The van der Waals surface area contributed by atoms with Crippen LogP contribution in [-0.4, -0.2) is 20.7 Å². The lowest BCUT2D eigenvalue weighted by Gasteiger charge is -2.16. The van der Waals surface area contributed by atoms with Gasteiger partial charge in [-0.1, -0.05) is 35.5 Å². The Labute approximate surface area is 186 Å². The molecule has 1 atom stereocenters. The third-order valence-electron chi connectivity index (χ3n) is 4.56. The average Bonchev–Trinajstić information content (AvgIpc) is 3.26. The quantitative estimate of drug-likeness (QED) is 0.327. The number of nitrogens with one attached hydrogen (secondary N) is 1. The number of carbonyl (C=O) groups is 1. The standard InChI is InChI=1S/C22H17ClFN3O3S/c1-13(20(28)25-19-9-8-14(24)11-17(19)23)31-22-26-18-7-3-2-6-16(18)21(29)27(22)12-15-5-4-10-30-15/h2-11,13H,12H2,1H3,(H,25,28)/t13-/m1/s1. The minimum absolute atomic E-state index is 0.101. The van der Waals surface area contributed by atoms with Gasteiger partial charge in [-0.05, 0) is 49.4 Å². The highest BCUT2D eigenvalue weighted by molar-refractivity contribution is 8.00. The van der Waals surface area contributed by atoms with Crippen molar-refractivity contribution in [1.82, 2.24) is 9.55 Å². The first-order valence-electron chi connectivity index (χ1n) is 9.37. The third kappa shape index (κ3) is 4.65. The van der Waals surface area contributed by atoms with E-state index < -0.39 is 11.1 Å². The summed E-state index contributed by atoms with van der Waals surface area (Å²) in [7, 11) is 0. The van der Waals surface area contributed by atoms with E-state index in [4.69, 9.17) is 16.0 Å². The summed E-state index contributed by atoms with van der Waals surface area (Å²) in [5.41, 5.74) is 0.624. The lowest BCUT2D eigenvalue weighted by molar-refractivity contribution is -0.115. The number of carbonyl (C=O) groups excluding carboxylic acids is 1. The van der Waals surface area contributed by atoms with E-state index >= 15 is 0 Å². The number of aromatic nitrogens is 2. The van der Waals surface area contributed by atoms with Gasteiger partial charge < -0.3 is 9.73 Å². The van der Waals surface area contributed by atoms with Crippen molar-refractivity contribution in [2.75, 3.05) is 5.32 Å². The SMILES string of the molecule is C[C@@H](Sc1nc2ccccc2c(=O)n1Cc1ccco1)C(=O)Nc1ccc(F)cc1Cl. The molecule has 4 aromatic rings. The first kappa shape index (κ1) is 21.1. The van der Waals surface area contributed by atoms with Gasteiger partial charge in [-0.3, -0.25) is 14.2 Å². The molecule has 0 aliphatic rings. The summed E-state index contributed by atoms with van der Waals surface area (Å²) < 4.78 is 20.1. The molecule has 2 aromatic carbocycles. The number of rotatable bonds is 6. The van der Waals surface area contributed by atoms with Gasteiger partial charge in [-0.25, -0.2) is 9.37 Å². The highest BCUT2D eigenvalue weighted by Crippen LogP contribution is 2.27. The van der Waals surface area contributed by atoms with Crippen LogP contribution in [0.3, 0.4) is 0 Å². The Hall–Kier alpha value is -3.10. The Balaban J connectivity index is 1.64. The molecule has 2 heterocycles. The molecular weight excluding hydrogens is 441 g/mol. The minimum Gasteiger partial charge on any atom is -0.467 e. The molecule has 0 bridgehead atoms. The number of nitrogens with zero attached hydrogens (tertiary/aromatic N) is 2. The smallest absolute Gasteiger partial charge is 0.262 e. The number of fused-ring (bicyclic) bond motifs is 1. The predicted molar refractivity (Wildman–Crippen MR) is 119 cm³/mol. The van der Waals surface area contributed by atoms with E-state index in [0.29, 0.717) is 27.5 Å². The molecule has 0 saturated heterocycles. The second kappa shape index (κ2) is 8.95. The maximum atomic E-state index is 13.2. The summed E-state index contributed by atoms with van der Waals surface area (Å²) in [5.74, 6) is -0.255. The number of thioether (sulfide) groups is 1. The van der Waals surface area contributed by atoms with Crippen LogP contribution in [0.1, 0.15) is 12.7 Å². The molecule has 0 fully saturated rings. The minimum atomic E-state index is -0.614. The van der Waals surface area contributed by atoms with Gasteiger partial charge in [0, 0.05) is 0 Å². The molecule has 0 radical (unpaired) electrons. The van der Waals surface area contributed by atoms with E-state index in [9.17, 15) is 14.0 Å². The van der Waals surface area contributed by atoms with Crippen LogP contribution >= 0.6 is 23.4 Å². The van der Waals surface area contributed by atoms with Crippen molar-refractivity contribution >= 4 is 45.9 Å². The molecule has 6 nitrogen and oxygen atoms in total. The molecule has 1 amide bonds. The molecule has 2 aromatic heterocycles. The zero-order valence-corrected chi connectivity index (χ0v) is 17.9. The number of halogens is 2. The van der Waals surface area contributed by atoms with Crippen molar-refractivity contribution < 1.29 is 13.6 Å². The number of furan rings is 1. The summed E-state index contributed by atoms with van der Waals surface area (Å²) in [6.45, 7) is 1.88.